The number of fused-ring (bicyclic) bond motifs is 1. The fourth-order valence-corrected chi connectivity index (χ4v) is 2.21. The summed E-state index contributed by atoms with van der Waals surface area (Å²) in [5.41, 5.74) is 1.70. The van der Waals surface area contributed by atoms with E-state index in [0.717, 1.165) is 0 Å². The van der Waals surface area contributed by atoms with Crippen LogP contribution in [0, 0.1) is 5.82 Å². The zero-order chi connectivity index (χ0) is 13.6. The Labute approximate surface area is 125 Å². The Morgan fingerprint density at radius 2 is 1.95 bits per heavy atom. The summed E-state index contributed by atoms with van der Waals surface area (Å²) in [7, 11) is 0. The molecule has 19 heavy (non-hydrogen) atoms. The first-order valence-electron chi connectivity index (χ1n) is 5.22. The first kappa shape index (κ1) is 12.8. The van der Waals surface area contributed by atoms with Crippen LogP contribution in [0.3, 0.4) is 0 Å². The van der Waals surface area contributed by atoms with E-state index in [4.69, 9.17) is 23.2 Å². The zero-order valence-corrected chi connectivity index (χ0v) is 12.3. The summed E-state index contributed by atoms with van der Waals surface area (Å²) >= 11 is 14.8. The quantitative estimate of drug-likeness (QED) is 0.631. The molecule has 0 aliphatic heterocycles. The zero-order valence-electron chi connectivity index (χ0n) is 9.22. The van der Waals surface area contributed by atoms with Crippen LogP contribution in [0.4, 0.5) is 4.39 Å². The van der Waals surface area contributed by atoms with Crippen molar-refractivity contribution >= 4 is 50.3 Å². The van der Waals surface area contributed by atoms with Crippen molar-refractivity contribution < 1.29 is 4.39 Å². The molecule has 3 aromatic rings. The van der Waals surface area contributed by atoms with Crippen molar-refractivity contribution in [2.45, 2.75) is 0 Å². The van der Waals surface area contributed by atoms with Gasteiger partial charge in [0.25, 0.3) is 0 Å². The highest BCUT2D eigenvalue weighted by Crippen LogP contribution is 2.27. The van der Waals surface area contributed by atoms with Crippen molar-refractivity contribution in [2.24, 2.45) is 0 Å². The summed E-state index contributed by atoms with van der Waals surface area (Å²) < 4.78 is 13.9. The van der Waals surface area contributed by atoms with Crippen LogP contribution in [0.15, 0.2) is 28.7 Å². The van der Waals surface area contributed by atoms with Crippen LogP contribution in [0.25, 0.3) is 22.6 Å². The van der Waals surface area contributed by atoms with Gasteiger partial charge in [-0.25, -0.2) is 14.4 Å². The van der Waals surface area contributed by atoms with Crippen LogP contribution in [0.2, 0.25) is 10.2 Å². The van der Waals surface area contributed by atoms with Crippen molar-refractivity contribution in [2.75, 3.05) is 0 Å². The number of hydrogen-bond donors (Lipinski definition) is 1. The van der Waals surface area contributed by atoms with Crippen molar-refractivity contribution in [1.82, 2.24) is 15.0 Å². The van der Waals surface area contributed by atoms with Gasteiger partial charge in [-0.2, -0.15) is 0 Å². The lowest BCUT2D eigenvalue weighted by Gasteiger charge is -1.98. The number of nitrogens with zero attached hydrogens (tertiary/aromatic N) is 2. The van der Waals surface area contributed by atoms with Crippen molar-refractivity contribution in [3.8, 4) is 11.4 Å². The number of H-pyrrole nitrogens is 1. The molecule has 0 spiro atoms. The molecule has 2 aromatic heterocycles. The van der Waals surface area contributed by atoms with E-state index in [9.17, 15) is 4.39 Å². The molecule has 7 heteroatoms. The van der Waals surface area contributed by atoms with Gasteiger partial charge in [0.1, 0.15) is 16.8 Å². The van der Waals surface area contributed by atoms with Crippen LogP contribution < -0.4 is 0 Å². The van der Waals surface area contributed by atoms with E-state index in [-0.39, 0.29) is 11.0 Å². The lowest BCUT2D eigenvalue weighted by Crippen LogP contribution is -1.83. The minimum absolute atomic E-state index is 0.189. The molecule has 0 saturated carbocycles. The maximum absolute atomic E-state index is 13.5. The van der Waals surface area contributed by atoms with Gasteiger partial charge in [-0.05, 0) is 40.2 Å². The third-order valence-electron chi connectivity index (χ3n) is 2.58. The molecule has 0 saturated heterocycles. The van der Waals surface area contributed by atoms with E-state index in [0.29, 0.717) is 32.0 Å². The molecule has 96 valence electrons. The van der Waals surface area contributed by atoms with Gasteiger partial charge in [0.05, 0.1) is 15.0 Å². The Hall–Kier alpha value is -1.17. The second kappa shape index (κ2) is 4.74. The van der Waals surface area contributed by atoms with Gasteiger partial charge in [-0.3, -0.25) is 0 Å². The lowest BCUT2D eigenvalue weighted by molar-refractivity contribution is 0.621. The highest BCUT2D eigenvalue weighted by Gasteiger charge is 2.11. The first-order chi connectivity index (χ1) is 9.04. The average molecular weight is 361 g/mol. The predicted molar refractivity (Wildman–Crippen MR) is 77.0 cm³/mol. The molecule has 0 bridgehead atoms. The Bertz CT molecular complexity index is 749. The summed E-state index contributed by atoms with van der Waals surface area (Å²) in [5, 5.41) is 0.528. The number of benzene rings is 1. The second-order valence-electron chi connectivity index (χ2n) is 3.85. The third-order valence-corrected chi connectivity index (χ3v) is 3.89. The number of rotatable bonds is 1. The summed E-state index contributed by atoms with van der Waals surface area (Å²) in [6.07, 6.45) is 0. The number of nitrogens with one attached hydrogen (secondary N) is 1. The van der Waals surface area contributed by atoms with Gasteiger partial charge in [0, 0.05) is 5.56 Å². The van der Waals surface area contributed by atoms with Crippen molar-refractivity contribution in [3.05, 3.63) is 44.7 Å². The molecule has 3 nitrogen and oxygen atoms in total. The normalized spacial score (nSPS) is 11.2. The first-order valence-corrected chi connectivity index (χ1v) is 6.76. The fourth-order valence-electron chi connectivity index (χ4n) is 1.68. The molecular weight excluding hydrogens is 356 g/mol. The molecule has 2 heterocycles. The second-order valence-corrected chi connectivity index (χ2v) is 5.47. The predicted octanol–water partition coefficient (Wildman–Crippen LogP) is 4.83. The van der Waals surface area contributed by atoms with Crippen LogP contribution >= 0.6 is 39.1 Å². The fraction of sp³-hybridized carbons (Fsp3) is 0. The molecule has 3 rings (SSSR count). The molecule has 0 fully saturated rings. The van der Waals surface area contributed by atoms with E-state index >= 15 is 0 Å². The molecule has 1 N–H and O–H groups in total. The molecule has 0 unspecified atom stereocenters. The Morgan fingerprint density at radius 3 is 2.68 bits per heavy atom. The number of imidazole rings is 1. The van der Waals surface area contributed by atoms with E-state index in [1.54, 1.807) is 18.2 Å². The van der Waals surface area contributed by atoms with Gasteiger partial charge >= 0.3 is 0 Å². The number of aromatic nitrogens is 3. The van der Waals surface area contributed by atoms with E-state index in [2.05, 4.69) is 30.9 Å². The summed E-state index contributed by atoms with van der Waals surface area (Å²) in [6.45, 7) is 0. The summed E-state index contributed by atoms with van der Waals surface area (Å²) in [6, 6.07) is 6.38. The van der Waals surface area contributed by atoms with E-state index < -0.39 is 0 Å². The number of hydrogen-bond acceptors (Lipinski definition) is 2. The van der Waals surface area contributed by atoms with Crippen LogP contribution in [0.5, 0.6) is 0 Å². The number of aromatic amines is 1. The summed E-state index contributed by atoms with van der Waals surface area (Å²) in [4.78, 5) is 11.3. The molecular formula is C12H5BrCl2FN3. The van der Waals surface area contributed by atoms with Gasteiger partial charge in [0.15, 0.2) is 5.65 Å². The van der Waals surface area contributed by atoms with Gasteiger partial charge < -0.3 is 4.98 Å². The van der Waals surface area contributed by atoms with Crippen LogP contribution in [0.1, 0.15) is 0 Å². The molecule has 1 aromatic carbocycles. The Morgan fingerprint density at radius 1 is 1.16 bits per heavy atom. The van der Waals surface area contributed by atoms with Crippen molar-refractivity contribution in [1.29, 1.82) is 0 Å². The van der Waals surface area contributed by atoms with Crippen LogP contribution in [-0.4, -0.2) is 15.0 Å². The molecule has 0 amide bonds. The minimum Gasteiger partial charge on any atom is -0.337 e. The topological polar surface area (TPSA) is 41.6 Å². The Kier molecular flexibility index (Phi) is 3.20. The maximum atomic E-state index is 13.5. The van der Waals surface area contributed by atoms with Gasteiger partial charge in [-0.15, -0.1) is 0 Å². The van der Waals surface area contributed by atoms with Crippen LogP contribution in [-0.2, 0) is 0 Å². The third kappa shape index (κ3) is 2.33. The van der Waals surface area contributed by atoms with Crippen molar-refractivity contribution in [3.63, 3.8) is 0 Å². The van der Waals surface area contributed by atoms with Gasteiger partial charge in [-0.1, -0.05) is 23.2 Å². The molecule has 0 aliphatic carbocycles. The standard InChI is InChI=1S/C12H5BrCl2FN3/c13-6-2-1-5(3-8(6)16)11-17-9-4-7(14)10(15)18-12(9)19-11/h1-4H,(H,17,18,19). The highest BCUT2D eigenvalue weighted by molar-refractivity contribution is 9.10. The largest absolute Gasteiger partial charge is 0.337 e. The smallest absolute Gasteiger partial charge is 0.179 e. The molecule has 0 atom stereocenters. The lowest BCUT2D eigenvalue weighted by atomic mass is 10.2. The maximum Gasteiger partial charge on any atom is 0.179 e. The SMILES string of the molecule is Fc1cc(-c2nc3nc(Cl)c(Cl)cc3[nH]2)ccc1Br. The van der Waals surface area contributed by atoms with E-state index in [1.165, 1.54) is 6.07 Å². The average Bonchev–Trinajstić information content (AvgIpc) is 2.76. The molecule has 0 radical (unpaired) electrons. The highest BCUT2D eigenvalue weighted by atomic mass is 79.9. The van der Waals surface area contributed by atoms with Gasteiger partial charge in [0.2, 0.25) is 0 Å². The monoisotopic (exact) mass is 359 g/mol. The minimum atomic E-state index is -0.359. The Balaban J connectivity index is 2.17. The van der Waals surface area contributed by atoms with E-state index in [1.807, 2.05) is 0 Å². The number of pyridine rings is 1. The summed E-state index contributed by atoms with van der Waals surface area (Å²) in [5.74, 6) is 0.147. The number of halogens is 4. The molecule has 0 aliphatic rings.